The van der Waals surface area contributed by atoms with Crippen LogP contribution in [0.2, 0.25) is 5.02 Å². The molecular formula is C14H18ClNO4. The number of hydrogen-bond donors (Lipinski definition) is 0. The maximum atomic E-state index is 11.5. The van der Waals surface area contributed by atoms with Crippen LogP contribution >= 0.6 is 11.6 Å². The molecule has 1 aromatic rings. The van der Waals surface area contributed by atoms with Crippen LogP contribution in [0.25, 0.3) is 0 Å². The second kappa shape index (κ2) is 8.09. The van der Waals surface area contributed by atoms with Gasteiger partial charge in [0, 0.05) is 24.7 Å². The largest absolute Gasteiger partial charge is 0.482 e. The Labute approximate surface area is 123 Å². The van der Waals surface area contributed by atoms with Gasteiger partial charge in [0.15, 0.2) is 6.61 Å². The average molecular weight is 300 g/mol. The highest BCUT2D eigenvalue weighted by Gasteiger charge is 2.11. The number of hydrogen-bond acceptors (Lipinski definition) is 5. The number of esters is 1. The lowest BCUT2D eigenvalue weighted by atomic mass is 10.3. The highest BCUT2D eigenvalue weighted by Crippen LogP contribution is 2.15. The van der Waals surface area contributed by atoms with E-state index in [1.165, 1.54) is 0 Å². The van der Waals surface area contributed by atoms with E-state index in [0.29, 0.717) is 17.4 Å². The van der Waals surface area contributed by atoms with E-state index in [-0.39, 0.29) is 12.6 Å². The van der Waals surface area contributed by atoms with Crippen LogP contribution in [0.5, 0.6) is 5.75 Å². The zero-order valence-corrected chi connectivity index (χ0v) is 12.0. The van der Waals surface area contributed by atoms with Crippen molar-refractivity contribution < 1.29 is 19.0 Å². The summed E-state index contributed by atoms with van der Waals surface area (Å²) in [6.45, 7) is 4.28. The monoisotopic (exact) mass is 299 g/mol. The lowest BCUT2D eigenvalue weighted by Crippen LogP contribution is -2.38. The first kappa shape index (κ1) is 15.1. The Morgan fingerprint density at radius 1 is 1.25 bits per heavy atom. The van der Waals surface area contributed by atoms with Crippen molar-refractivity contribution in [2.24, 2.45) is 0 Å². The Morgan fingerprint density at radius 2 is 1.95 bits per heavy atom. The van der Waals surface area contributed by atoms with Crippen molar-refractivity contribution in [1.82, 2.24) is 4.90 Å². The summed E-state index contributed by atoms with van der Waals surface area (Å²) in [4.78, 5) is 13.7. The number of carbonyl (C=O) groups excluding carboxylic acids is 1. The van der Waals surface area contributed by atoms with Crippen molar-refractivity contribution in [3.05, 3.63) is 29.3 Å². The molecule has 0 unspecified atom stereocenters. The summed E-state index contributed by atoms with van der Waals surface area (Å²) in [5, 5.41) is 0.630. The van der Waals surface area contributed by atoms with Crippen LogP contribution in [0.3, 0.4) is 0 Å². The second-order valence-electron chi connectivity index (χ2n) is 4.42. The third-order valence-corrected chi connectivity index (χ3v) is 3.20. The van der Waals surface area contributed by atoms with Gasteiger partial charge in [0.05, 0.1) is 13.2 Å². The van der Waals surface area contributed by atoms with E-state index < -0.39 is 0 Å². The number of morpholine rings is 1. The maximum Gasteiger partial charge on any atom is 0.344 e. The third-order valence-electron chi connectivity index (χ3n) is 2.94. The Balaban J connectivity index is 1.59. The molecular weight excluding hydrogens is 282 g/mol. The summed E-state index contributed by atoms with van der Waals surface area (Å²) in [5.41, 5.74) is 0. The lowest BCUT2D eigenvalue weighted by Gasteiger charge is -2.26. The first-order valence-electron chi connectivity index (χ1n) is 6.58. The highest BCUT2D eigenvalue weighted by molar-refractivity contribution is 6.30. The molecule has 0 aliphatic carbocycles. The van der Waals surface area contributed by atoms with Crippen molar-refractivity contribution in [3.63, 3.8) is 0 Å². The molecule has 1 aliphatic heterocycles. The zero-order chi connectivity index (χ0) is 14.2. The maximum absolute atomic E-state index is 11.5. The number of ether oxygens (including phenoxy) is 3. The van der Waals surface area contributed by atoms with Gasteiger partial charge in [-0.3, -0.25) is 4.90 Å². The fourth-order valence-electron chi connectivity index (χ4n) is 1.83. The smallest absolute Gasteiger partial charge is 0.344 e. The van der Waals surface area contributed by atoms with Gasteiger partial charge in [-0.2, -0.15) is 0 Å². The lowest BCUT2D eigenvalue weighted by molar-refractivity contribution is -0.146. The molecule has 1 saturated heterocycles. The first-order chi connectivity index (χ1) is 9.74. The Morgan fingerprint density at radius 3 is 2.65 bits per heavy atom. The van der Waals surface area contributed by atoms with Crippen molar-refractivity contribution in [2.45, 2.75) is 0 Å². The van der Waals surface area contributed by atoms with Crippen molar-refractivity contribution >= 4 is 17.6 Å². The van der Waals surface area contributed by atoms with Crippen LogP contribution in [0.4, 0.5) is 0 Å². The Hall–Kier alpha value is -1.30. The molecule has 0 atom stereocenters. The van der Waals surface area contributed by atoms with Gasteiger partial charge in [-0.15, -0.1) is 0 Å². The SMILES string of the molecule is O=C(COc1ccc(Cl)cc1)OCCN1CCOCC1. The third kappa shape index (κ3) is 5.36. The molecule has 0 saturated carbocycles. The van der Waals surface area contributed by atoms with E-state index in [2.05, 4.69) is 4.90 Å². The summed E-state index contributed by atoms with van der Waals surface area (Å²) < 4.78 is 15.7. The molecule has 1 aliphatic rings. The molecule has 1 fully saturated rings. The van der Waals surface area contributed by atoms with Crippen LogP contribution < -0.4 is 4.74 Å². The predicted molar refractivity (Wildman–Crippen MR) is 75.2 cm³/mol. The molecule has 20 heavy (non-hydrogen) atoms. The predicted octanol–water partition coefficient (Wildman–Crippen LogP) is 1.59. The zero-order valence-electron chi connectivity index (χ0n) is 11.2. The van der Waals surface area contributed by atoms with Gasteiger partial charge in [0.2, 0.25) is 0 Å². The van der Waals surface area contributed by atoms with Crippen LogP contribution in [-0.4, -0.2) is 56.9 Å². The Bertz CT molecular complexity index is 418. The quantitative estimate of drug-likeness (QED) is 0.747. The van der Waals surface area contributed by atoms with Gasteiger partial charge in [-0.25, -0.2) is 4.79 Å². The van der Waals surface area contributed by atoms with Crippen LogP contribution in [0.1, 0.15) is 0 Å². The molecule has 0 amide bonds. The molecule has 0 aromatic heterocycles. The molecule has 0 bridgehead atoms. The number of benzene rings is 1. The molecule has 0 N–H and O–H groups in total. The summed E-state index contributed by atoms with van der Waals surface area (Å²) in [6.07, 6.45) is 0. The van der Waals surface area contributed by atoms with Crippen molar-refractivity contribution in [3.8, 4) is 5.75 Å². The van der Waals surface area contributed by atoms with Gasteiger partial charge in [0.1, 0.15) is 12.4 Å². The number of halogens is 1. The summed E-state index contributed by atoms with van der Waals surface area (Å²) in [7, 11) is 0. The van der Waals surface area contributed by atoms with E-state index in [9.17, 15) is 4.79 Å². The molecule has 110 valence electrons. The van der Waals surface area contributed by atoms with E-state index >= 15 is 0 Å². The normalized spacial score (nSPS) is 15.8. The summed E-state index contributed by atoms with van der Waals surface area (Å²) in [6, 6.07) is 6.84. The van der Waals surface area contributed by atoms with Crippen LogP contribution in [-0.2, 0) is 14.3 Å². The number of carbonyl (C=O) groups is 1. The second-order valence-corrected chi connectivity index (χ2v) is 4.85. The highest BCUT2D eigenvalue weighted by atomic mass is 35.5. The van der Waals surface area contributed by atoms with E-state index in [1.54, 1.807) is 24.3 Å². The minimum absolute atomic E-state index is 0.0925. The van der Waals surface area contributed by atoms with E-state index in [1.807, 2.05) is 0 Å². The van der Waals surface area contributed by atoms with Crippen molar-refractivity contribution in [1.29, 1.82) is 0 Å². The molecule has 5 nitrogen and oxygen atoms in total. The van der Waals surface area contributed by atoms with Gasteiger partial charge in [-0.1, -0.05) is 11.6 Å². The molecule has 0 spiro atoms. The fourth-order valence-corrected chi connectivity index (χ4v) is 1.95. The molecule has 2 rings (SSSR count). The molecule has 0 radical (unpaired) electrons. The minimum Gasteiger partial charge on any atom is -0.482 e. The fraction of sp³-hybridized carbons (Fsp3) is 0.500. The van der Waals surface area contributed by atoms with Gasteiger partial charge in [-0.05, 0) is 24.3 Å². The van der Waals surface area contributed by atoms with Crippen LogP contribution in [0.15, 0.2) is 24.3 Å². The van der Waals surface area contributed by atoms with Gasteiger partial charge < -0.3 is 14.2 Å². The molecule has 1 aromatic carbocycles. The van der Waals surface area contributed by atoms with Crippen LogP contribution in [0, 0.1) is 0 Å². The van der Waals surface area contributed by atoms with Gasteiger partial charge in [0.25, 0.3) is 0 Å². The Kier molecular flexibility index (Phi) is 6.11. The average Bonchev–Trinajstić information content (AvgIpc) is 2.48. The molecule has 6 heteroatoms. The topological polar surface area (TPSA) is 48.0 Å². The van der Waals surface area contributed by atoms with E-state index in [0.717, 1.165) is 32.8 Å². The summed E-state index contributed by atoms with van der Waals surface area (Å²) in [5.74, 6) is 0.229. The molecule has 1 heterocycles. The first-order valence-corrected chi connectivity index (χ1v) is 6.96. The summed E-state index contributed by atoms with van der Waals surface area (Å²) >= 11 is 5.76. The van der Waals surface area contributed by atoms with Gasteiger partial charge >= 0.3 is 5.97 Å². The minimum atomic E-state index is -0.367. The van der Waals surface area contributed by atoms with Crippen molar-refractivity contribution in [2.75, 3.05) is 46.1 Å². The standard InChI is InChI=1S/C14H18ClNO4/c15-12-1-3-13(4-2-12)20-11-14(17)19-10-7-16-5-8-18-9-6-16/h1-4H,5-11H2. The number of nitrogens with zero attached hydrogens (tertiary/aromatic N) is 1. The number of rotatable bonds is 6. The van der Waals surface area contributed by atoms with E-state index in [4.69, 9.17) is 25.8 Å².